The Morgan fingerprint density at radius 1 is 1.03 bits per heavy atom. The maximum atomic E-state index is 12.4. The van der Waals surface area contributed by atoms with Gasteiger partial charge in [-0.1, -0.05) is 33.6 Å². The Morgan fingerprint density at radius 3 is 2.50 bits per heavy atom. The van der Waals surface area contributed by atoms with E-state index in [4.69, 9.17) is 21.1 Å². The molecule has 0 unspecified atom stereocenters. The molecule has 0 atom stereocenters. The van der Waals surface area contributed by atoms with Crippen LogP contribution in [0.1, 0.15) is 26.3 Å². The minimum absolute atomic E-state index is 0.291. The maximum Gasteiger partial charge on any atom is 0.343 e. The van der Waals surface area contributed by atoms with E-state index in [0.29, 0.717) is 33.2 Å². The molecule has 0 fully saturated rings. The number of carbonyl (C=O) groups is 2. The van der Waals surface area contributed by atoms with Crippen molar-refractivity contribution in [3.63, 3.8) is 0 Å². The van der Waals surface area contributed by atoms with Crippen LogP contribution in [0.3, 0.4) is 0 Å². The number of hydrogen-bond acceptors (Lipinski definition) is 5. The lowest BCUT2D eigenvalue weighted by atomic mass is 10.2. The minimum atomic E-state index is -0.530. The molecular formula is C22H16BrClN2O4. The van der Waals surface area contributed by atoms with Gasteiger partial charge in [-0.3, -0.25) is 4.79 Å². The predicted octanol–water partition coefficient (Wildman–Crippen LogP) is 5.09. The van der Waals surface area contributed by atoms with E-state index in [-0.39, 0.29) is 0 Å². The fourth-order valence-corrected chi connectivity index (χ4v) is 3.02. The van der Waals surface area contributed by atoms with Crippen molar-refractivity contribution >= 4 is 45.6 Å². The molecule has 0 saturated heterocycles. The highest BCUT2D eigenvalue weighted by molar-refractivity contribution is 9.10. The van der Waals surface area contributed by atoms with E-state index in [1.807, 2.05) is 0 Å². The number of nitrogens with zero attached hydrogens (tertiary/aromatic N) is 1. The summed E-state index contributed by atoms with van der Waals surface area (Å²) in [7, 11) is 1.55. The van der Waals surface area contributed by atoms with Crippen molar-refractivity contribution in [3.8, 4) is 11.5 Å². The van der Waals surface area contributed by atoms with Gasteiger partial charge in [0, 0.05) is 20.6 Å². The standard InChI is InChI=1S/C22H16BrClN2O4/c1-29-19-8-5-14(6-9-19)22(28)30-20-10-7-17(23)11-16(20)13-25-26-21(27)15-3-2-4-18(24)12-15/h2-13H,1H3,(H,26,27)/b25-13+. The fourth-order valence-electron chi connectivity index (χ4n) is 2.45. The van der Waals surface area contributed by atoms with Crippen molar-refractivity contribution in [1.82, 2.24) is 5.43 Å². The second-order valence-electron chi connectivity index (χ2n) is 6.01. The molecule has 0 aromatic heterocycles. The maximum absolute atomic E-state index is 12.4. The highest BCUT2D eigenvalue weighted by atomic mass is 79.9. The van der Waals surface area contributed by atoms with Gasteiger partial charge < -0.3 is 9.47 Å². The lowest BCUT2D eigenvalue weighted by Crippen LogP contribution is -2.17. The van der Waals surface area contributed by atoms with E-state index >= 15 is 0 Å². The molecule has 0 saturated carbocycles. The van der Waals surface area contributed by atoms with Gasteiger partial charge in [0.2, 0.25) is 0 Å². The number of carbonyl (C=O) groups excluding carboxylic acids is 2. The highest BCUT2D eigenvalue weighted by Gasteiger charge is 2.12. The minimum Gasteiger partial charge on any atom is -0.497 e. The Balaban J connectivity index is 1.73. The third kappa shape index (κ3) is 5.68. The largest absolute Gasteiger partial charge is 0.497 e. The molecule has 30 heavy (non-hydrogen) atoms. The van der Waals surface area contributed by atoms with Gasteiger partial charge in [0.15, 0.2) is 0 Å². The normalized spacial score (nSPS) is 10.6. The molecule has 8 heteroatoms. The molecule has 3 aromatic carbocycles. The van der Waals surface area contributed by atoms with Crippen LogP contribution in [-0.4, -0.2) is 25.2 Å². The highest BCUT2D eigenvalue weighted by Crippen LogP contribution is 2.23. The van der Waals surface area contributed by atoms with E-state index in [1.54, 1.807) is 67.8 Å². The third-order valence-corrected chi connectivity index (χ3v) is 4.69. The van der Waals surface area contributed by atoms with Crippen LogP contribution in [0.5, 0.6) is 11.5 Å². The van der Waals surface area contributed by atoms with Crippen LogP contribution >= 0.6 is 27.5 Å². The SMILES string of the molecule is COc1ccc(C(=O)Oc2ccc(Br)cc2/C=N/NC(=O)c2cccc(Cl)c2)cc1. The molecule has 1 N–H and O–H groups in total. The summed E-state index contributed by atoms with van der Waals surface area (Å²) in [5, 5.41) is 4.41. The summed E-state index contributed by atoms with van der Waals surface area (Å²) in [5.74, 6) is -0.0173. The summed E-state index contributed by atoms with van der Waals surface area (Å²) in [6.45, 7) is 0. The summed E-state index contributed by atoms with van der Waals surface area (Å²) in [6.07, 6.45) is 1.39. The van der Waals surface area contributed by atoms with Crippen molar-refractivity contribution in [1.29, 1.82) is 0 Å². The summed E-state index contributed by atoms with van der Waals surface area (Å²) in [5.41, 5.74) is 3.67. The number of hydrogen-bond donors (Lipinski definition) is 1. The molecule has 3 aromatic rings. The van der Waals surface area contributed by atoms with Crippen LogP contribution in [0.2, 0.25) is 5.02 Å². The van der Waals surface area contributed by atoms with Crippen LogP contribution in [0.15, 0.2) is 76.3 Å². The Labute approximate surface area is 186 Å². The second kappa shape index (κ2) is 10.0. The monoisotopic (exact) mass is 486 g/mol. The molecule has 3 rings (SSSR count). The van der Waals surface area contributed by atoms with E-state index in [1.165, 1.54) is 12.3 Å². The lowest BCUT2D eigenvalue weighted by molar-refractivity contribution is 0.0734. The van der Waals surface area contributed by atoms with E-state index in [0.717, 1.165) is 4.47 Å². The molecular weight excluding hydrogens is 472 g/mol. The van der Waals surface area contributed by atoms with Crippen LogP contribution in [0.4, 0.5) is 0 Å². The number of methoxy groups -OCH3 is 1. The Kier molecular flexibility index (Phi) is 7.21. The first-order valence-corrected chi connectivity index (χ1v) is 9.88. The van der Waals surface area contributed by atoms with Crippen LogP contribution < -0.4 is 14.9 Å². The van der Waals surface area contributed by atoms with Gasteiger partial charge in [-0.2, -0.15) is 5.10 Å². The quantitative estimate of drug-likeness (QED) is 0.227. The molecule has 0 heterocycles. The van der Waals surface area contributed by atoms with Crippen molar-refractivity contribution in [2.24, 2.45) is 5.10 Å². The smallest absolute Gasteiger partial charge is 0.343 e. The van der Waals surface area contributed by atoms with E-state index in [2.05, 4.69) is 26.5 Å². The fraction of sp³-hybridized carbons (Fsp3) is 0.0455. The number of hydrazone groups is 1. The third-order valence-electron chi connectivity index (χ3n) is 3.96. The van der Waals surface area contributed by atoms with Crippen molar-refractivity contribution in [2.75, 3.05) is 7.11 Å². The van der Waals surface area contributed by atoms with Gasteiger partial charge in [0.1, 0.15) is 11.5 Å². The van der Waals surface area contributed by atoms with Crippen molar-refractivity contribution in [3.05, 3.63) is 92.9 Å². The van der Waals surface area contributed by atoms with E-state index < -0.39 is 11.9 Å². The summed E-state index contributed by atoms with van der Waals surface area (Å²) in [6, 6.07) is 18.1. The van der Waals surface area contributed by atoms with Gasteiger partial charge in [0.25, 0.3) is 5.91 Å². The van der Waals surface area contributed by atoms with Gasteiger partial charge in [-0.05, 0) is 60.7 Å². The molecule has 0 aliphatic rings. The van der Waals surface area contributed by atoms with Crippen LogP contribution in [0, 0.1) is 0 Å². The number of ether oxygens (including phenoxy) is 2. The van der Waals surface area contributed by atoms with Crippen LogP contribution in [0.25, 0.3) is 0 Å². The number of halogens is 2. The van der Waals surface area contributed by atoms with Gasteiger partial charge in [-0.25, -0.2) is 10.2 Å². The zero-order valence-corrected chi connectivity index (χ0v) is 18.1. The molecule has 0 aliphatic heterocycles. The molecule has 0 spiro atoms. The topological polar surface area (TPSA) is 77.0 Å². The number of esters is 1. The Morgan fingerprint density at radius 2 is 1.80 bits per heavy atom. The average molecular weight is 488 g/mol. The molecule has 1 amide bonds. The number of benzene rings is 3. The van der Waals surface area contributed by atoms with Crippen molar-refractivity contribution in [2.45, 2.75) is 0 Å². The summed E-state index contributed by atoms with van der Waals surface area (Å²) < 4.78 is 11.3. The predicted molar refractivity (Wildman–Crippen MR) is 119 cm³/mol. The molecule has 0 radical (unpaired) electrons. The van der Waals surface area contributed by atoms with Crippen LogP contribution in [-0.2, 0) is 0 Å². The summed E-state index contributed by atoms with van der Waals surface area (Å²) >= 11 is 9.26. The zero-order chi connectivity index (χ0) is 21.5. The average Bonchev–Trinajstić information content (AvgIpc) is 2.75. The van der Waals surface area contributed by atoms with E-state index in [9.17, 15) is 9.59 Å². The Hall–Kier alpha value is -3.16. The first-order chi connectivity index (χ1) is 14.5. The number of amides is 1. The molecule has 6 nitrogen and oxygen atoms in total. The molecule has 152 valence electrons. The number of nitrogens with one attached hydrogen (secondary N) is 1. The first-order valence-electron chi connectivity index (χ1n) is 8.71. The zero-order valence-electron chi connectivity index (χ0n) is 15.8. The van der Waals surface area contributed by atoms with Crippen molar-refractivity contribution < 1.29 is 19.1 Å². The summed E-state index contributed by atoms with van der Waals surface area (Å²) in [4.78, 5) is 24.6. The lowest BCUT2D eigenvalue weighted by Gasteiger charge is -2.08. The second-order valence-corrected chi connectivity index (χ2v) is 7.36. The van der Waals surface area contributed by atoms with Gasteiger partial charge in [0.05, 0.1) is 18.9 Å². The van der Waals surface area contributed by atoms with Gasteiger partial charge >= 0.3 is 5.97 Å². The molecule has 0 aliphatic carbocycles. The Bertz CT molecular complexity index is 1100. The first kappa shape index (κ1) is 21.5. The molecule has 0 bridgehead atoms. The number of rotatable bonds is 6. The van der Waals surface area contributed by atoms with Gasteiger partial charge in [-0.15, -0.1) is 0 Å².